The van der Waals surface area contributed by atoms with Gasteiger partial charge in [-0.2, -0.15) is 11.8 Å². The van der Waals surface area contributed by atoms with Gasteiger partial charge in [-0.3, -0.25) is 0 Å². The van der Waals surface area contributed by atoms with E-state index in [1.165, 1.54) is 17.8 Å². The van der Waals surface area contributed by atoms with Crippen molar-refractivity contribution < 1.29 is 19.4 Å². The van der Waals surface area contributed by atoms with Crippen LogP contribution in [0, 0.1) is 0 Å². The minimum atomic E-state index is -1.09. The first-order valence-corrected chi connectivity index (χ1v) is 6.10. The fourth-order valence-corrected chi connectivity index (χ4v) is 1.91. The third-order valence-electron chi connectivity index (χ3n) is 2.23. The largest absolute Gasteiger partial charge is 0.475 e. The van der Waals surface area contributed by atoms with Crippen LogP contribution in [0.1, 0.15) is 17.5 Å². The van der Waals surface area contributed by atoms with Gasteiger partial charge in [-0.25, -0.2) is 4.79 Å². The van der Waals surface area contributed by atoms with Gasteiger partial charge in [0, 0.05) is 17.4 Å². The van der Waals surface area contributed by atoms with Gasteiger partial charge in [0.2, 0.25) is 5.76 Å². The van der Waals surface area contributed by atoms with Crippen molar-refractivity contribution in [2.24, 2.45) is 0 Å². The second-order valence-electron chi connectivity index (χ2n) is 3.36. The Kier molecular flexibility index (Phi) is 4.70. The summed E-state index contributed by atoms with van der Waals surface area (Å²) < 4.78 is 5.05. The summed E-state index contributed by atoms with van der Waals surface area (Å²) in [5.41, 5.74) is 0. The second-order valence-corrected chi connectivity index (χ2v) is 4.44. The first-order chi connectivity index (χ1) is 7.58. The summed E-state index contributed by atoms with van der Waals surface area (Å²) in [7, 11) is 0. The Hall–Kier alpha value is -1.14. The zero-order chi connectivity index (χ0) is 12.1. The number of aromatic carboxylic acids is 1. The van der Waals surface area contributed by atoms with Crippen LogP contribution in [0.25, 0.3) is 0 Å². The molecule has 1 aromatic heterocycles. The van der Waals surface area contributed by atoms with Crippen LogP contribution in [-0.2, 0) is 0 Å². The minimum Gasteiger partial charge on any atom is -0.475 e. The molecule has 6 heteroatoms. The van der Waals surface area contributed by atoms with E-state index in [9.17, 15) is 4.79 Å². The number of nitrogens with one attached hydrogen (secondary N) is 1. The van der Waals surface area contributed by atoms with E-state index in [1.54, 1.807) is 6.07 Å². The highest BCUT2D eigenvalue weighted by atomic mass is 32.2. The predicted octanol–water partition coefficient (Wildman–Crippen LogP) is 1.50. The van der Waals surface area contributed by atoms with Crippen LogP contribution in [-0.4, -0.2) is 40.3 Å². The van der Waals surface area contributed by atoms with E-state index in [4.69, 9.17) is 14.6 Å². The van der Waals surface area contributed by atoms with Gasteiger partial charge >= 0.3 is 5.97 Å². The highest BCUT2D eigenvalue weighted by molar-refractivity contribution is 7.99. The van der Waals surface area contributed by atoms with Crippen molar-refractivity contribution in [3.63, 3.8) is 0 Å². The molecule has 0 aliphatic rings. The van der Waals surface area contributed by atoms with Crippen LogP contribution in [0.15, 0.2) is 16.5 Å². The van der Waals surface area contributed by atoms with Gasteiger partial charge in [0.05, 0.1) is 6.61 Å². The number of furan rings is 1. The van der Waals surface area contributed by atoms with Crippen molar-refractivity contribution in [2.75, 3.05) is 18.2 Å². The van der Waals surface area contributed by atoms with E-state index in [1.807, 2.05) is 13.2 Å². The number of carbonyl (C=O) groups is 1. The molecule has 0 radical (unpaired) electrons. The van der Waals surface area contributed by atoms with Gasteiger partial charge in [0.25, 0.3) is 0 Å². The highest BCUT2D eigenvalue weighted by Gasteiger charge is 2.17. The number of anilines is 1. The van der Waals surface area contributed by atoms with Gasteiger partial charge in [-0.1, -0.05) is 0 Å². The Morgan fingerprint density at radius 2 is 2.31 bits per heavy atom. The maximum atomic E-state index is 10.6. The van der Waals surface area contributed by atoms with Gasteiger partial charge in [0.1, 0.15) is 0 Å². The molecule has 0 aliphatic carbocycles. The van der Waals surface area contributed by atoms with Crippen molar-refractivity contribution in [3.8, 4) is 0 Å². The Morgan fingerprint density at radius 1 is 1.62 bits per heavy atom. The van der Waals surface area contributed by atoms with Crippen molar-refractivity contribution >= 4 is 23.6 Å². The van der Waals surface area contributed by atoms with Gasteiger partial charge in [0.15, 0.2) is 5.88 Å². The molecule has 2 atom stereocenters. The number of aliphatic hydroxyl groups excluding tert-OH is 1. The minimum absolute atomic E-state index is 0.00667. The summed E-state index contributed by atoms with van der Waals surface area (Å²) in [4.78, 5) is 10.6. The van der Waals surface area contributed by atoms with E-state index >= 15 is 0 Å². The van der Waals surface area contributed by atoms with Crippen LogP contribution < -0.4 is 5.32 Å². The Morgan fingerprint density at radius 3 is 2.75 bits per heavy atom. The lowest BCUT2D eigenvalue weighted by molar-refractivity contribution is 0.0663. The summed E-state index contributed by atoms with van der Waals surface area (Å²) >= 11 is 1.54. The standard InChI is InChI=1S/C10H15NO4S/c1-6(8(5-12)16-2)11-9-4-3-7(15-9)10(13)14/h3-4,6,8,11-12H,5H2,1-2H3,(H,13,14). The van der Waals surface area contributed by atoms with Crippen molar-refractivity contribution in [1.82, 2.24) is 0 Å². The lowest BCUT2D eigenvalue weighted by Crippen LogP contribution is -2.30. The molecule has 0 saturated heterocycles. The number of rotatable bonds is 6. The quantitative estimate of drug-likeness (QED) is 0.704. The summed E-state index contributed by atoms with van der Waals surface area (Å²) in [5, 5.41) is 20.8. The Balaban J connectivity index is 2.62. The fourth-order valence-electron chi connectivity index (χ4n) is 1.28. The third kappa shape index (κ3) is 3.18. The van der Waals surface area contributed by atoms with Crippen LogP contribution in [0.5, 0.6) is 0 Å². The molecular weight excluding hydrogens is 230 g/mol. The molecule has 0 aromatic carbocycles. The van der Waals surface area contributed by atoms with E-state index in [0.717, 1.165) is 0 Å². The van der Waals surface area contributed by atoms with Crippen molar-refractivity contribution in [1.29, 1.82) is 0 Å². The summed E-state index contributed by atoms with van der Waals surface area (Å²) in [5.74, 6) is -0.791. The van der Waals surface area contributed by atoms with Gasteiger partial charge < -0.3 is 19.9 Å². The fraction of sp³-hybridized carbons (Fsp3) is 0.500. The summed E-state index contributed by atoms with van der Waals surface area (Å²) in [6, 6.07) is 2.95. The Labute approximate surface area is 97.8 Å². The molecule has 0 spiro atoms. The molecular formula is C10H15NO4S. The molecule has 1 heterocycles. The molecule has 3 N–H and O–H groups in total. The number of hydrogen-bond donors (Lipinski definition) is 3. The van der Waals surface area contributed by atoms with E-state index in [-0.39, 0.29) is 23.7 Å². The first-order valence-electron chi connectivity index (χ1n) is 4.81. The smallest absolute Gasteiger partial charge is 0.371 e. The van der Waals surface area contributed by atoms with Crippen molar-refractivity contribution in [2.45, 2.75) is 18.2 Å². The number of carboxylic acid groups (broad SMARTS) is 1. The second kappa shape index (κ2) is 5.81. The zero-order valence-electron chi connectivity index (χ0n) is 9.14. The number of aliphatic hydroxyl groups is 1. The average molecular weight is 245 g/mol. The van der Waals surface area contributed by atoms with Crippen LogP contribution in [0.3, 0.4) is 0 Å². The lowest BCUT2D eigenvalue weighted by Gasteiger charge is -2.20. The lowest BCUT2D eigenvalue weighted by atomic mass is 10.2. The molecule has 0 fully saturated rings. The number of hydrogen-bond acceptors (Lipinski definition) is 5. The maximum Gasteiger partial charge on any atom is 0.371 e. The van der Waals surface area contributed by atoms with E-state index < -0.39 is 5.97 Å². The summed E-state index contributed by atoms with van der Waals surface area (Å²) in [6.07, 6.45) is 1.91. The predicted molar refractivity (Wildman–Crippen MR) is 63.1 cm³/mol. The molecule has 5 nitrogen and oxygen atoms in total. The SMILES string of the molecule is CSC(CO)C(C)Nc1ccc(C(=O)O)o1. The normalized spacial score (nSPS) is 14.4. The topological polar surface area (TPSA) is 82.7 Å². The van der Waals surface area contributed by atoms with Gasteiger partial charge in [-0.05, 0) is 19.2 Å². The maximum absolute atomic E-state index is 10.6. The highest BCUT2D eigenvalue weighted by Crippen LogP contribution is 2.18. The monoisotopic (exact) mass is 245 g/mol. The first kappa shape index (κ1) is 12.9. The molecule has 0 aliphatic heterocycles. The van der Waals surface area contributed by atoms with Gasteiger partial charge in [-0.15, -0.1) is 0 Å². The summed E-state index contributed by atoms with van der Waals surface area (Å²) in [6.45, 7) is 1.96. The molecule has 2 unspecified atom stereocenters. The molecule has 0 bridgehead atoms. The average Bonchev–Trinajstić information content (AvgIpc) is 2.68. The molecule has 90 valence electrons. The van der Waals surface area contributed by atoms with E-state index in [0.29, 0.717) is 5.88 Å². The number of thioether (sulfide) groups is 1. The number of carboxylic acids is 1. The van der Waals surface area contributed by atoms with Crippen molar-refractivity contribution in [3.05, 3.63) is 17.9 Å². The van der Waals surface area contributed by atoms with Crippen LogP contribution in [0.2, 0.25) is 0 Å². The van der Waals surface area contributed by atoms with Crippen LogP contribution in [0.4, 0.5) is 5.88 Å². The van der Waals surface area contributed by atoms with Crippen LogP contribution >= 0.6 is 11.8 Å². The molecule has 0 amide bonds. The molecule has 0 saturated carbocycles. The third-order valence-corrected chi connectivity index (χ3v) is 3.39. The molecule has 16 heavy (non-hydrogen) atoms. The molecule has 1 rings (SSSR count). The molecule has 1 aromatic rings. The van der Waals surface area contributed by atoms with E-state index in [2.05, 4.69) is 5.32 Å². The Bertz CT molecular complexity index is 348. The zero-order valence-corrected chi connectivity index (χ0v) is 9.95.